The lowest BCUT2D eigenvalue weighted by atomic mass is 9.90. The van der Waals surface area contributed by atoms with Gasteiger partial charge in [0.25, 0.3) is 0 Å². The van der Waals surface area contributed by atoms with Crippen LogP contribution >= 0.6 is 0 Å². The molecule has 0 aromatic carbocycles. The van der Waals surface area contributed by atoms with E-state index in [0.717, 1.165) is 30.1 Å². The third kappa shape index (κ3) is 16.9. The lowest BCUT2D eigenvalue weighted by molar-refractivity contribution is 0.372. The van der Waals surface area contributed by atoms with Crippen molar-refractivity contribution < 1.29 is 0 Å². The molecule has 0 aromatic heterocycles. The first-order chi connectivity index (χ1) is 11.8. The van der Waals surface area contributed by atoms with Gasteiger partial charge in [-0.15, -0.1) is 0 Å². The molecule has 25 heavy (non-hydrogen) atoms. The lowest BCUT2D eigenvalue weighted by Crippen LogP contribution is -2.01. The van der Waals surface area contributed by atoms with E-state index in [1.807, 2.05) is 0 Å². The van der Waals surface area contributed by atoms with E-state index >= 15 is 0 Å². The summed E-state index contributed by atoms with van der Waals surface area (Å²) in [5.74, 6) is 3.64. The van der Waals surface area contributed by atoms with Gasteiger partial charge in [-0.3, -0.25) is 0 Å². The van der Waals surface area contributed by atoms with E-state index in [-0.39, 0.29) is 0 Å². The third-order valence-electron chi connectivity index (χ3n) is 5.99. The zero-order valence-electron chi connectivity index (χ0n) is 18.7. The summed E-state index contributed by atoms with van der Waals surface area (Å²) in [6.07, 6.45) is 18.0. The van der Waals surface area contributed by atoms with Crippen molar-refractivity contribution in [3.63, 3.8) is 0 Å². The minimum atomic E-state index is 0.875. The number of allylic oxidation sites excluding steroid dienone is 1. The van der Waals surface area contributed by atoms with Gasteiger partial charge in [0, 0.05) is 0 Å². The third-order valence-corrected chi connectivity index (χ3v) is 5.99. The van der Waals surface area contributed by atoms with E-state index in [9.17, 15) is 0 Å². The Morgan fingerprint density at radius 2 is 0.960 bits per heavy atom. The molecular weight excluding hydrogens is 300 g/mol. The molecule has 0 saturated heterocycles. The van der Waals surface area contributed by atoms with Crippen molar-refractivity contribution in [2.75, 3.05) is 0 Å². The molecule has 0 amide bonds. The van der Waals surface area contributed by atoms with E-state index in [1.54, 1.807) is 0 Å². The van der Waals surface area contributed by atoms with Gasteiger partial charge >= 0.3 is 0 Å². The van der Waals surface area contributed by atoms with E-state index in [2.05, 4.69) is 48.1 Å². The first-order valence-corrected chi connectivity index (χ1v) is 11.5. The van der Waals surface area contributed by atoms with Crippen molar-refractivity contribution in [3.05, 3.63) is 12.2 Å². The van der Waals surface area contributed by atoms with Crippen molar-refractivity contribution in [2.24, 2.45) is 23.7 Å². The Morgan fingerprint density at radius 3 is 1.32 bits per heavy atom. The second kappa shape index (κ2) is 16.0. The summed E-state index contributed by atoms with van der Waals surface area (Å²) in [5, 5.41) is 0. The molecule has 0 nitrogen and oxygen atoms in total. The van der Waals surface area contributed by atoms with Gasteiger partial charge in [0.1, 0.15) is 0 Å². The van der Waals surface area contributed by atoms with Crippen molar-refractivity contribution >= 4 is 0 Å². The Morgan fingerprint density at radius 1 is 0.600 bits per heavy atom. The summed E-state index contributed by atoms with van der Waals surface area (Å²) in [5.41, 5.74) is 1.43. The van der Waals surface area contributed by atoms with Crippen LogP contribution in [-0.4, -0.2) is 0 Å². The fraction of sp³-hybridized carbons (Fsp3) is 0.920. The first-order valence-electron chi connectivity index (χ1n) is 11.5. The highest BCUT2D eigenvalue weighted by molar-refractivity contribution is 4.91. The maximum absolute atomic E-state index is 4.12. The highest BCUT2D eigenvalue weighted by Crippen LogP contribution is 2.23. The molecule has 0 heterocycles. The number of hydrogen-bond acceptors (Lipinski definition) is 0. The Kier molecular flexibility index (Phi) is 15.8. The normalized spacial score (nSPS) is 15.3. The molecule has 0 heteroatoms. The number of hydrogen-bond donors (Lipinski definition) is 0. The van der Waals surface area contributed by atoms with Crippen LogP contribution in [0.25, 0.3) is 0 Å². The molecule has 3 unspecified atom stereocenters. The molecule has 0 aliphatic carbocycles. The summed E-state index contributed by atoms with van der Waals surface area (Å²) in [6.45, 7) is 18.4. The van der Waals surface area contributed by atoms with E-state index in [4.69, 9.17) is 0 Å². The van der Waals surface area contributed by atoms with Crippen molar-refractivity contribution in [1.82, 2.24) is 0 Å². The van der Waals surface area contributed by atoms with Gasteiger partial charge in [0.15, 0.2) is 0 Å². The van der Waals surface area contributed by atoms with Gasteiger partial charge in [-0.1, -0.05) is 118 Å². The summed E-state index contributed by atoms with van der Waals surface area (Å²) in [6, 6.07) is 0. The summed E-state index contributed by atoms with van der Waals surface area (Å²) in [4.78, 5) is 0. The van der Waals surface area contributed by atoms with Crippen LogP contribution in [0.4, 0.5) is 0 Å². The molecule has 0 spiro atoms. The summed E-state index contributed by atoms with van der Waals surface area (Å²) in [7, 11) is 0. The second-order valence-corrected chi connectivity index (χ2v) is 9.50. The Labute approximate surface area is 161 Å². The molecule has 0 fully saturated rings. The fourth-order valence-corrected chi connectivity index (χ4v) is 3.81. The van der Waals surface area contributed by atoms with Crippen LogP contribution in [0.15, 0.2) is 12.2 Å². The number of rotatable bonds is 17. The lowest BCUT2D eigenvalue weighted by Gasteiger charge is -2.16. The Hall–Kier alpha value is -0.260. The van der Waals surface area contributed by atoms with Crippen LogP contribution in [0.3, 0.4) is 0 Å². The van der Waals surface area contributed by atoms with Crippen molar-refractivity contribution in [1.29, 1.82) is 0 Å². The highest BCUT2D eigenvalue weighted by Gasteiger charge is 2.08. The predicted octanol–water partition coefficient (Wildman–Crippen LogP) is 9.20. The topological polar surface area (TPSA) is 0 Å². The zero-order valence-corrected chi connectivity index (χ0v) is 18.7. The maximum Gasteiger partial charge on any atom is -0.0323 e. The van der Waals surface area contributed by atoms with Crippen molar-refractivity contribution in [2.45, 2.75) is 125 Å². The van der Waals surface area contributed by atoms with Gasteiger partial charge in [-0.05, 0) is 42.9 Å². The van der Waals surface area contributed by atoms with Gasteiger partial charge in [0.05, 0.1) is 0 Å². The van der Waals surface area contributed by atoms with Crippen molar-refractivity contribution in [3.8, 4) is 0 Å². The van der Waals surface area contributed by atoms with E-state index < -0.39 is 0 Å². The van der Waals surface area contributed by atoms with E-state index in [0.29, 0.717) is 0 Å². The van der Waals surface area contributed by atoms with Gasteiger partial charge in [-0.2, -0.15) is 0 Å². The average Bonchev–Trinajstić information content (AvgIpc) is 2.54. The SMILES string of the molecule is C=C(CC)CCCC(C)CCCC(C)CCCC(C)CCCC(C)C. The van der Waals surface area contributed by atoms with Crippen LogP contribution in [0.1, 0.15) is 125 Å². The summed E-state index contributed by atoms with van der Waals surface area (Å²) < 4.78 is 0. The van der Waals surface area contributed by atoms with Crippen LogP contribution in [0.2, 0.25) is 0 Å². The Balaban J connectivity index is 3.54. The van der Waals surface area contributed by atoms with Crippen LogP contribution in [-0.2, 0) is 0 Å². The smallest absolute Gasteiger partial charge is 0.0323 e. The molecule has 0 rings (SSSR count). The summed E-state index contributed by atoms with van der Waals surface area (Å²) >= 11 is 0. The second-order valence-electron chi connectivity index (χ2n) is 9.50. The molecule has 0 saturated carbocycles. The minimum absolute atomic E-state index is 0.875. The molecule has 0 radical (unpaired) electrons. The van der Waals surface area contributed by atoms with Crippen LogP contribution < -0.4 is 0 Å². The largest absolute Gasteiger partial charge is 0.0999 e. The molecule has 0 N–H and O–H groups in total. The standard InChI is InChI=1S/C25H50/c1-8-22(4)14-10-16-24(6)18-12-20-25(7)19-11-17-23(5)15-9-13-21(2)3/h21,23-25H,4,8-20H2,1-3,5-7H3. The van der Waals surface area contributed by atoms with Crippen LogP contribution in [0.5, 0.6) is 0 Å². The Bertz CT molecular complexity index is 301. The quantitative estimate of drug-likeness (QED) is 0.229. The molecule has 0 aliphatic rings. The van der Waals surface area contributed by atoms with Gasteiger partial charge < -0.3 is 0 Å². The molecule has 3 atom stereocenters. The molecular formula is C25H50. The monoisotopic (exact) mass is 350 g/mol. The fourth-order valence-electron chi connectivity index (χ4n) is 3.81. The first kappa shape index (κ1) is 24.7. The van der Waals surface area contributed by atoms with Gasteiger partial charge in [0.2, 0.25) is 0 Å². The van der Waals surface area contributed by atoms with Crippen LogP contribution in [0, 0.1) is 23.7 Å². The molecule has 0 aromatic rings. The maximum atomic E-state index is 4.12. The average molecular weight is 351 g/mol. The highest BCUT2D eigenvalue weighted by atomic mass is 14.1. The molecule has 150 valence electrons. The molecule has 0 aliphatic heterocycles. The zero-order chi connectivity index (χ0) is 19.1. The van der Waals surface area contributed by atoms with E-state index in [1.165, 1.54) is 82.6 Å². The van der Waals surface area contributed by atoms with Gasteiger partial charge in [-0.25, -0.2) is 0 Å². The predicted molar refractivity (Wildman–Crippen MR) is 117 cm³/mol. The minimum Gasteiger partial charge on any atom is -0.0999 e. The molecule has 0 bridgehead atoms.